The number of nitrogens with two attached hydrogens (primary N) is 1. The second-order valence-electron chi connectivity index (χ2n) is 4.70. The summed E-state index contributed by atoms with van der Waals surface area (Å²) in [4.78, 5) is 2.36. The summed E-state index contributed by atoms with van der Waals surface area (Å²) in [6, 6.07) is 0.700. The highest BCUT2D eigenvalue weighted by atomic mass is 15.3. The summed E-state index contributed by atoms with van der Waals surface area (Å²) in [6.45, 7) is 6.72. The predicted molar refractivity (Wildman–Crippen MR) is 58.3 cm³/mol. The molecule has 78 valence electrons. The van der Waals surface area contributed by atoms with Crippen LogP contribution in [0.1, 0.15) is 27.2 Å². The Balaban J connectivity index is 2.22. The van der Waals surface area contributed by atoms with Gasteiger partial charge < -0.3 is 16.0 Å². The minimum atomic E-state index is 0.181. The van der Waals surface area contributed by atoms with Crippen molar-refractivity contribution in [1.29, 1.82) is 0 Å². The van der Waals surface area contributed by atoms with Crippen molar-refractivity contribution in [3.8, 4) is 0 Å². The van der Waals surface area contributed by atoms with Crippen LogP contribution in [0.2, 0.25) is 0 Å². The molecular formula is C11H19N3. The first-order chi connectivity index (χ1) is 6.56. The molecule has 0 aromatic rings. The van der Waals surface area contributed by atoms with Gasteiger partial charge in [0, 0.05) is 17.4 Å². The quantitative estimate of drug-likeness (QED) is 0.691. The molecule has 0 saturated heterocycles. The Hall–Kier alpha value is -1.12. The number of nitrogens with one attached hydrogen (secondary N) is 1. The molecule has 0 saturated carbocycles. The van der Waals surface area contributed by atoms with E-state index in [1.807, 2.05) is 6.20 Å². The summed E-state index contributed by atoms with van der Waals surface area (Å²) >= 11 is 0. The van der Waals surface area contributed by atoms with Gasteiger partial charge in [0.1, 0.15) is 0 Å². The van der Waals surface area contributed by atoms with E-state index in [0.29, 0.717) is 12.1 Å². The molecular weight excluding hydrogens is 174 g/mol. The Kier molecular flexibility index (Phi) is 1.98. The van der Waals surface area contributed by atoms with E-state index in [4.69, 9.17) is 5.73 Å². The van der Waals surface area contributed by atoms with Gasteiger partial charge in [0.15, 0.2) is 0 Å². The van der Waals surface area contributed by atoms with Gasteiger partial charge in [-0.25, -0.2) is 0 Å². The Morgan fingerprint density at radius 3 is 2.93 bits per heavy atom. The summed E-state index contributed by atoms with van der Waals surface area (Å²) in [5, 5.41) is 3.28. The van der Waals surface area contributed by atoms with E-state index in [1.165, 1.54) is 0 Å². The molecule has 14 heavy (non-hydrogen) atoms. The van der Waals surface area contributed by atoms with Gasteiger partial charge in [-0.2, -0.15) is 0 Å². The molecule has 2 rings (SSSR count). The van der Waals surface area contributed by atoms with Crippen molar-refractivity contribution in [3.63, 3.8) is 0 Å². The van der Waals surface area contributed by atoms with E-state index in [1.54, 1.807) is 0 Å². The molecule has 2 atom stereocenters. The Labute approximate surface area is 85.6 Å². The van der Waals surface area contributed by atoms with E-state index in [-0.39, 0.29) is 5.54 Å². The Bertz CT molecular complexity index is 291. The maximum absolute atomic E-state index is 5.98. The number of rotatable bonds is 2. The van der Waals surface area contributed by atoms with E-state index < -0.39 is 0 Å². The highest BCUT2D eigenvalue weighted by molar-refractivity contribution is 5.29. The van der Waals surface area contributed by atoms with Crippen molar-refractivity contribution >= 4 is 0 Å². The van der Waals surface area contributed by atoms with Crippen molar-refractivity contribution in [2.45, 2.75) is 44.8 Å². The van der Waals surface area contributed by atoms with Crippen LogP contribution >= 0.6 is 0 Å². The van der Waals surface area contributed by atoms with Crippen molar-refractivity contribution in [2.24, 2.45) is 5.73 Å². The standard InChI is InChI=1S/C11H19N3/c1-4-11(2,3)14-6-5-9-10(14)8(12)7-13-9/h5-7,9-10,13H,4,12H2,1-3H3. The first kappa shape index (κ1) is 9.44. The molecule has 0 radical (unpaired) electrons. The van der Waals surface area contributed by atoms with Gasteiger partial charge in [0.05, 0.1) is 12.1 Å². The molecule has 2 aliphatic heterocycles. The van der Waals surface area contributed by atoms with Gasteiger partial charge in [0.25, 0.3) is 0 Å². The highest BCUT2D eigenvalue weighted by Gasteiger charge is 2.40. The zero-order valence-corrected chi connectivity index (χ0v) is 9.12. The monoisotopic (exact) mass is 193 g/mol. The normalized spacial score (nSPS) is 30.2. The number of hydrogen-bond acceptors (Lipinski definition) is 3. The zero-order chi connectivity index (χ0) is 10.3. The topological polar surface area (TPSA) is 41.3 Å². The van der Waals surface area contributed by atoms with E-state index >= 15 is 0 Å². The van der Waals surface area contributed by atoms with Crippen LogP contribution in [-0.2, 0) is 0 Å². The largest absolute Gasteiger partial charge is 0.399 e. The second-order valence-corrected chi connectivity index (χ2v) is 4.70. The smallest absolute Gasteiger partial charge is 0.0937 e. The van der Waals surface area contributed by atoms with Crippen molar-refractivity contribution in [1.82, 2.24) is 10.2 Å². The van der Waals surface area contributed by atoms with Gasteiger partial charge in [-0.05, 0) is 32.5 Å². The molecule has 0 spiro atoms. The van der Waals surface area contributed by atoms with Crippen LogP contribution in [0, 0.1) is 0 Å². The zero-order valence-electron chi connectivity index (χ0n) is 9.12. The third-order valence-corrected chi connectivity index (χ3v) is 3.44. The van der Waals surface area contributed by atoms with E-state index in [0.717, 1.165) is 12.1 Å². The molecule has 3 N–H and O–H groups in total. The lowest BCUT2D eigenvalue weighted by Crippen LogP contribution is -2.49. The number of fused-ring (bicyclic) bond motifs is 1. The van der Waals surface area contributed by atoms with Crippen molar-refractivity contribution in [3.05, 3.63) is 24.2 Å². The summed E-state index contributed by atoms with van der Waals surface area (Å²) in [7, 11) is 0. The molecule has 2 aliphatic rings. The van der Waals surface area contributed by atoms with Crippen LogP contribution in [0.15, 0.2) is 24.2 Å². The fourth-order valence-electron chi connectivity index (χ4n) is 2.11. The number of nitrogens with zero attached hydrogens (tertiary/aromatic N) is 1. The highest BCUT2D eigenvalue weighted by Crippen LogP contribution is 2.32. The van der Waals surface area contributed by atoms with Crippen molar-refractivity contribution < 1.29 is 0 Å². The molecule has 0 aromatic heterocycles. The molecule has 2 heterocycles. The summed E-state index contributed by atoms with van der Waals surface area (Å²) < 4.78 is 0. The Morgan fingerprint density at radius 1 is 1.57 bits per heavy atom. The second kappa shape index (κ2) is 2.94. The average Bonchev–Trinajstić information content (AvgIpc) is 2.69. The maximum atomic E-state index is 5.98. The third-order valence-electron chi connectivity index (χ3n) is 3.44. The van der Waals surface area contributed by atoms with Gasteiger partial charge in [0.2, 0.25) is 0 Å². The molecule has 0 aromatic carbocycles. The van der Waals surface area contributed by atoms with Crippen LogP contribution < -0.4 is 11.1 Å². The minimum Gasteiger partial charge on any atom is -0.399 e. The van der Waals surface area contributed by atoms with E-state index in [2.05, 4.69) is 43.3 Å². The molecule has 2 unspecified atom stereocenters. The average molecular weight is 193 g/mol. The molecule has 0 bridgehead atoms. The van der Waals surface area contributed by atoms with Gasteiger partial charge >= 0.3 is 0 Å². The van der Waals surface area contributed by atoms with Crippen molar-refractivity contribution in [2.75, 3.05) is 0 Å². The van der Waals surface area contributed by atoms with Crippen LogP contribution in [0.4, 0.5) is 0 Å². The lowest BCUT2D eigenvalue weighted by atomic mass is 9.97. The Morgan fingerprint density at radius 2 is 2.29 bits per heavy atom. The van der Waals surface area contributed by atoms with E-state index in [9.17, 15) is 0 Å². The fourth-order valence-corrected chi connectivity index (χ4v) is 2.11. The summed E-state index contributed by atoms with van der Waals surface area (Å²) in [5.41, 5.74) is 7.11. The molecule has 3 heteroatoms. The lowest BCUT2D eigenvalue weighted by Gasteiger charge is -2.40. The molecule has 0 amide bonds. The lowest BCUT2D eigenvalue weighted by molar-refractivity contribution is 0.150. The summed E-state index contributed by atoms with van der Waals surface area (Å²) in [5.74, 6) is 0. The predicted octanol–water partition coefficient (Wildman–Crippen LogP) is 1.14. The fraction of sp³-hybridized carbons (Fsp3) is 0.636. The first-order valence-electron chi connectivity index (χ1n) is 5.24. The number of hydrogen-bond donors (Lipinski definition) is 2. The van der Waals surface area contributed by atoms with Crippen LogP contribution in [0.3, 0.4) is 0 Å². The van der Waals surface area contributed by atoms with Gasteiger partial charge in [-0.3, -0.25) is 0 Å². The van der Waals surface area contributed by atoms with Gasteiger partial charge in [-0.15, -0.1) is 0 Å². The maximum Gasteiger partial charge on any atom is 0.0937 e. The summed E-state index contributed by atoms with van der Waals surface area (Å²) in [6.07, 6.45) is 7.41. The van der Waals surface area contributed by atoms with Gasteiger partial charge in [-0.1, -0.05) is 6.92 Å². The molecule has 3 nitrogen and oxygen atoms in total. The minimum absolute atomic E-state index is 0.181. The molecule has 0 fully saturated rings. The van der Waals surface area contributed by atoms with Crippen LogP contribution in [-0.4, -0.2) is 22.5 Å². The molecule has 0 aliphatic carbocycles. The first-order valence-corrected chi connectivity index (χ1v) is 5.24. The van der Waals surface area contributed by atoms with Crippen LogP contribution in [0.25, 0.3) is 0 Å². The third kappa shape index (κ3) is 1.19. The SMILES string of the molecule is CCC(C)(C)N1C=CC2NC=C(N)C21. The van der Waals surface area contributed by atoms with Crippen LogP contribution in [0.5, 0.6) is 0 Å².